The number of halogens is 2. The molecule has 0 saturated carbocycles. The molecule has 2 nitrogen and oxygen atoms in total. The van der Waals surface area contributed by atoms with Crippen molar-refractivity contribution in [2.24, 2.45) is 0 Å². The van der Waals surface area contributed by atoms with E-state index in [1.54, 1.807) is 0 Å². The molecule has 0 aliphatic carbocycles. The first kappa shape index (κ1) is 17.3. The summed E-state index contributed by atoms with van der Waals surface area (Å²) in [7, 11) is 0. The Balaban J connectivity index is 1.92. The van der Waals surface area contributed by atoms with Gasteiger partial charge in [-0.1, -0.05) is 43.3 Å². The Labute approximate surface area is 149 Å². The minimum Gasteiger partial charge on any atom is -0.340 e. The summed E-state index contributed by atoms with van der Waals surface area (Å²) in [4.78, 5) is 13.4. The molecule has 1 aromatic heterocycles. The number of amides is 1. The van der Waals surface area contributed by atoms with Gasteiger partial charge in [0.2, 0.25) is 0 Å². The molecule has 0 aliphatic rings. The smallest absolute Gasteiger partial charge is 0.255 e. The van der Waals surface area contributed by atoms with Crippen LogP contribution in [0.25, 0.3) is 0 Å². The van der Waals surface area contributed by atoms with Crippen molar-refractivity contribution in [1.82, 2.24) is 5.32 Å². The topological polar surface area (TPSA) is 29.1 Å². The molecule has 0 bridgehead atoms. The summed E-state index contributed by atoms with van der Waals surface area (Å²) in [5, 5.41) is 4.74. The molecule has 25 heavy (non-hydrogen) atoms. The van der Waals surface area contributed by atoms with Gasteiger partial charge in [0, 0.05) is 4.88 Å². The monoisotopic (exact) mass is 357 g/mol. The van der Waals surface area contributed by atoms with Gasteiger partial charge in [0.05, 0.1) is 11.6 Å². The molecule has 2 aromatic carbocycles. The molecule has 0 saturated heterocycles. The molecule has 0 spiro atoms. The van der Waals surface area contributed by atoms with Crippen LogP contribution >= 0.6 is 11.3 Å². The fourth-order valence-electron chi connectivity index (χ4n) is 2.61. The first-order valence-corrected chi connectivity index (χ1v) is 8.85. The van der Waals surface area contributed by atoms with Gasteiger partial charge in [-0.3, -0.25) is 4.79 Å². The molecule has 0 fully saturated rings. The molecule has 128 valence electrons. The molecule has 1 atom stereocenters. The quantitative estimate of drug-likeness (QED) is 0.676. The largest absolute Gasteiger partial charge is 0.340 e. The zero-order valence-electron chi connectivity index (χ0n) is 13.6. The van der Waals surface area contributed by atoms with Crippen LogP contribution in [0.5, 0.6) is 0 Å². The van der Waals surface area contributed by atoms with Crippen LogP contribution in [0.2, 0.25) is 0 Å². The zero-order valence-corrected chi connectivity index (χ0v) is 14.4. The van der Waals surface area contributed by atoms with Crippen LogP contribution in [0, 0.1) is 11.6 Å². The van der Waals surface area contributed by atoms with E-state index in [-0.39, 0.29) is 5.56 Å². The minimum atomic E-state index is -1.13. The van der Waals surface area contributed by atoms with Gasteiger partial charge >= 0.3 is 0 Å². The maximum atomic E-state index is 13.9. The van der Waals surface area contributed by atoms with E-state index in [2.05, 4.69) is 12.2 Å². The van der Waals surface area contributed by atoms with E-state index in [4.69, 9.17) is 0 Å². The lowest BCUT2D eigenvalue weighted by atomic mass is 10.0. The van der Waals surface area contributed by atoms with Gasteiger partial charge in [0.1, 0.15) is 0 Å². The third-order valence-electron chi connectivity index (χ3n) is 4.02. The third kappa shape index (κ3) is 3.77. The number of hydrogen-bond acceptors (Lipinski definition) is 2. The maximum absolute atomic E-state index is 13.9. The number of nitrogens with one attached hydrogen (secondary N) is 1. The molecule has 0 aliphatic heterocycles. The SMILES string of the molecule is CCc1ccc(C(NC(=O)c2cccc(F)c2F)c2cccs2)cc1. The van der Waals surface area contributed by atoms with Crippen LogP contribution in [0.4, 0.5) is 8.78 Å². The molecular weight excluding hydrogens is 340 g/mol. The highest BCUT2D eigenvalue weighted by atomic mass is 32.1. The third-order valence-corrected chi connectivity index (χ3v) is 4.96. The Hall–Kier alpha value is -2.53. The molecule has 1 amide bonds. The van der Waals surface area contributed by atoms with Gasteiger partial charge in [0.15, 0.2) is 11.6 Å². The van der Waals surface area contributed by atoms with Crippen LogP contribution in [0.15, 0.2) is 60.0 Å². The second-order valence-corrected chi connectivity index (χ2v) is 6.60. The number of rotatable bonds is 5. The number of benzene rings is 2. The van der Waals surface area contributed by atoms with Crippen molar-refractivity contribution < 1.29 is 13.6 Å². The van der Waals surface area contributed by atoms with Crippen LogP contribution in [-0.4, -0.2) is 5.91 Å². The van der Waals surface area contributed by atoms with Crippen molar-refractivity contribution >= 4 is 17.2 Å². The highest BCUT2D eigenvalue weighted by Crippen LogP contribution is 2.27. The van der Waals surface area contributed by atoms with Crippen molar-refractivity contribution in [3.05, 3.63) is 93.2 Å². The molecule has 3 rings (SSSR count). The Bertz CT molecular complexity index is 860. The summed E-state index contributed by atoms with van der Waals surface area (Å²) in [5.74, 6) is -2.81. The Morgan fingerprint density at radius 1 is 1.08 bits per heavy atom. The summed E-state index contributed by atoms with van der Waals surface area (Å²) in [6, 6.07) is 14.9. The Morgan fingerprint density at radius 2 is 1.84 bits per heavy atom. The lowest BCUT2D eigenvalue weighted by molar-refractivity contribution is 0.0938. The summed E-state index contributed by atoms with van der Waals surface area (Å²) < 4.78 is 27.3. The van der Waals surface area contributed by atoms with Gasteiger partial charge in [-0.15, -0.1) is 11.3 Å². The van der Waals surface area contributed by atoms with Crippen molar-refractivity contribution in [3.63, 3.8) is 0 Å². The standard InChI is InChI=1S/C20H17F2NOS/c1-2-13-8-10-14(11-9-13)19(17-7-4-12-25-17)23-20(24)15-5-3-6-16(21)18(15)22/h3-12,19H,2H2,1H3,(H,23,24). The highest BCUT2D eigenvalue weighted by molar-refractivity contribution is 7.10. The van der Waals surface area contributed by atoms with Crippen molar-refractivity contribution in [2.45, 2.75) is 19.4 Å². The summed E-state index contributed by atoms with van der Waals surface area (Å²) in [5.41, 5.74) is 1.78. The number of hydrogen-bond donors (Lipinski definition) is 1. The first-order valence-electron chi connectivity index (χ1n) is 7.97. The molecule has 1 heterocycles. The van der Waals surface area contributed by atoms with Gasteiger partial charge < -0.3 is 5.32 Å². The molecule has 5 heteroatoms. The van der Waals surface area contributed by atoms with Crippen molar-refractivity contribution in [3.8, 4) is 0 Å². The Kier molecular flexibility index (Phi) is 5.24. The van der Waals surface area contributed by atoms with Crippen molar-refractivity contribution in [2.75, 3.05) is 0 Å². The van der Waals surface area contributed by atoms with Crippen LogP contribution in [-0.2, 0) is 6.42 Å². The average Bonchev–Trinajstić information content (AvgIpc) is 3.16. The van der Waals surface area contributed by atoms with E-state index in [1.165, 1.54) is 29.0 Å². The average molecular weight is 357 g/mol. The van der Waals surface area contributed by atoms with E-state index in [1.807, 2.05) is 41.8 Å². The normalized spacial score (nSPS) is 12.0. The van der Waals surface area contributed by atoms with Crippen molar-refractivity contribution in [1.29, 1.82) is 0 Å². The van der Waals surface area contributed by atoms with E-state index < -0.39 is 23.6 Å². The van der Waals surface area contributed by atoms with Crippen LogP contribution in [0.1, 0.15) is 39.3 Å². The number of thiophene rings is 1. The lowest BCUT2D eigenvalue weighted by Gasteiger charge is -2.19. The minimum absolute atomic E-state index is 0.299. The van der Waals surface area contributed by atoms with Gasteiger partial charge in [0.25, 0.3) is 5.91 Å². The number of carbonyl (C=O) groups is 1. The number of aryl methyl sites for hydroxylation is 1. The summed E-state index contributed by atoms with van der Waals surface area (Å²) >= 11 is 1.50. The maximum Gasteiger partial charge on any atom is 0.255 e. The predicted molar refractivity (Wildman–Crippen MR) is 95.8 cm³/mol. The van der Waals surface area contributed by atoms with Crippen LogP contribution < -0.4 is 5.32 Å². The molecular formula is C20H17F2NOS. The lowest BCUT2D eigenvalue weighted by Crippen LogP contribution is -2.29. The highest BCUT2D eigenvalue weighted by Gasteiger charge is 2.21. The van der Waals surface area contributed by atoms with E-state index >= 15 is 0 Å². The fourth-order valence-corrected chi connectivity index (χ4v) is 3.41. The van der Waals surface area contributed by atoms with Gasteiger partial charge in [-0.05, 0) is 41.1 Å². The van der Waals surface area contributed by atoms with Gasteiger partial charge in [-0.2, -0.15) is 0 Å². The molecule has 3 aromatic rings. The molecule has 1 N–H and O–H groups in total. The predicted octanol–water partition coefficient (Wildman–Crippen LogP) is 5.11. The first-order chi connectivity index (χ1) is 12.1. The summed E-state index contributed by atoms with van der Waals surface area (Å²) in [6.45, 7) is 2.07. The zero-order chi connectivity index (χ0) is 17.8. The molecule has 1 unspecified atom stereocenters. The van der Waals surface area contributed by atoms with Crippen LogP contribution in [0.3, 0.4) is 0 Å². The van der Waals surface area contributed by atoms with Gasteiger partial charge in [-0.25, -0.2) is 8.78 Å². The Morgan fingerprint density at radius 3 is 2.48 bits per heavy atom. The van der Waals surface area contributed by atoms with E-state index in [0.29, 0.717) is 0 Å². The fraction of sp³-hybridized carbons (Fsp3) is 0.150. The summed E-state index contributed by atoms with van der Waals surface area (Å²) in [6.07, 6.45) is 0.921. The molecule has 0 radical (unpaired) electrons. The second kappa shape index (κ2) is 7.57. The number of carbonyl (C=O) groups excluding carboxylic acids is 1. The second-order valence-electron chi connectivity index (χ2n) is 5.62. The van der Waals surface area contributed by atoms with E-state index in [0.717, 1.165) is 22.9 Å². The van der Waals surface area contributed by atoms with E-state index in [9.17, 15) is 13.6 Å².